The van der Waals surface area contributed by atoms with E-state index < -0.39 is 0 Å². The van der Waals surface area contributed by atoms with Gasteiger partial charge in [-0.05, 0) is 29.7 Å². The van der Waals surface area contributed by atoms with Gasteiger partial charge in [-0.3, -0.25) is 4.79 Å². The lowest BCUT2D eigenvalue weighted by Crippen LogP contribution is -2.12. The molecular weight excluding hydrogens is 394 g/mol. The SMILES string of the molecule is O=C(Nc1cccc(-c2nn3cnnc3s2)c1)c1cccc2c(Cl)cccc12. The van der Waals surface area contributed by atoms with Crippen LogP contribution in [0.4, 0.5) is 5.69 Å². The van der Waals surface area contributed by atoms with Crippen molar-refractivity contribution < 1.29 is 4.79 Å². The standard InChI is InChI=1S/C20H12ClN5OS/c21-17-9-3-6-14-15(17)7-2-8-16(14)18(27)23-13-5-1-4-12(10-13)19-25-26-11-22-24-20(26)28-19/h1-11H,(H,23,27). The summed E-state index contributed by atoms with van der Waals surface area (Å²) in [6, 6.07) is 18.6. The second-order valence-corrected chi connectivity index (χ2v) is 7.50. The van der Waals surface area contributed by atoms with Gasteiger partial charge in [0.15, 0.2) is 0 Å². The quantitative estimate of drug-likeness (QED) is 0.462. The predicted octanol–water partition coefficient (Wildman–Crippen LogP) is 4.91. The number of hydrogen-bond acceptors (Lipinski definition) is 5. The molecule has 0 fully saturated rings. The molecule has 28 heavy (non-hydrogen) atoms. The molecule has 8 heteroatoms. The zero-order chi connectivity index (χ0) is 19.1. The van der Waals surface area contributed by atoms with Gasteiger partial charge in [0.1, 0.15) is 11.3 Å². The molecule has 0 aliphatic carbocycles. The maximum absolute atomic E-state index is 12.9. The zero-order valence-corrected chi connectivity index (χ0v) is 15.9. The minimum atomic E-state index is -0.192. The van der Waals surface area contributed by atoms with Crippen LogP contribution < -0.4 is 5.32 Å². The third kappa shape index (κ3) is 2.90. The molecule has 5 rings (SSSR count). The van der Waals surface area contributed by atoms with Gasteiger partial charge in [0.2, 0.25) is 4.96 Å². The summed E-state index contributed by atoms with van der Waals surface area (Å²) < 4.78 is 1.63. The second-order valence-electron chi connectivity index (χ2n) is 6.14. The molecule has 0 radical (unpaired) electrons. The maximum atomic E-state index is 12.9. The number of rotatable bonds is 3. The Kier molecular flexibility index (Phi) is 4.03. The first-order chi connectivity index (χ1) is 13.7. The Morgan fingerprint density at radius 2 is 1.86 bits per heavy atom. The molecule has 1 amide bonds. The first-order valence-electron chi connectivity index (χ1n) is 8.45. The van der Waals surface area contributed by atoms with Crippen molar-refractivity contribution in [1.29, 1.82) is 0 Å². The van der Waals surface area contributed by atoms with Crippen molar-refractivity contribution in [2.45, 2.75) is 0 Å². The summed E-state index contributed by atoms with van der Waals surface area (Å²) >= 11 is 7.69. The molecule has 0 saturated carbocycles. The number of aromatic nitrogens is 4. The van der Waals surface area contributed by atoms with Gasteiger partial charge in [-0.2, -0.15) is 9.61 Å². The molecule has 3 aromatic carbocycles. The van der Waals surface area contributed by atoms with Crippen molar-refractivity contribution in [3.8, 4) is 10.6 Å². The van der Waals surface area contributed by atoms with E-state index >= 15 is 0 Å². The average Bonchev–Trinajstić information content (AvgIpc) is 3.30. The van der Waals surface area contributed by atoms with Crippen LogP contribution in [0.1, 0.15) is 10.4 Å². The van der Waals surface area contributed by atoms with E-state index in [0.29, 0.717) is 16.3 Å². The van der Waals surface area contributed by atoms with Crippen molar-refractivity contribution in [3.63, 3.8) is 0 Å². The first kappa shape index (κ1) is 16.9. The lowest BCUT2D eigenvalue weighted by atomic mass is 10.0. The number of anilines is 1. The summed E-state index contributed by atoms with van der Waals surface area (Å²) in [6.07, 6.45) is 1.56. The van der Waals surface area contributed by atoms with E-state index in [4.69, 9.17) is 11.6 Å². The van der Waals surface area contributed by atoms with Crippen molar-refractivity contribution in [1.82, 2.24) is 19.8 Å². The van der Waals surface area contributed by atoms with E-state index in [1.165, 1.54) is 11.3 Å². The molecule has 5 aromatic rings. The molecule has 2 aromatic heterocycles. The van der Waals surface area contributed by atoms with E-state index in [1.54, 1.807) is 16.9 Å². The molecule has 0 unspecified atom stereocenters. The van der Waals surface area contributed by atoms with E-state index in [2.05, 4.69) is 20.6 Å². The fourth-order valence-electron chi connectivity index (χ4n) is 3.07. The Labute approximate surface area is 168 Å². The molecular formula is C20H12ClN5OS. The van der Waals surface area contributed by atoms with Gasteiger partial charge >= 0.3 is 0 Å². The molecule has 0 saturated heterocycles. The molecule has 2 heterocycles. The molecule has 136 valence electrons. The Morgan fingerprint density at radius 3 is 2.75 bits per heavy atom. The van der Waals surface area contributed by atoms with Crippen LogP contribution >= 0.6 is 22.9 Å². The van der Waals surface area contributed by atoms with Crippen LogP contribution in [0.15, 0.2) is 67.0 Å². The second kappa shape index (κ2) is 6.70. The van der Waals surface area contributed by atoms with E-state index in [0.717, 1.165) is 26.3 Å². The topological polar surface area (TPSA) is 72.2 Å². The fraction of sp³-hybridized carbons (Fsp3) is 0. The van der Waals surface area contributed by atoms with Crippen molar-refractivity contribution >= 4 is 50.3 Å². The highest BCUT2D eigenvalue weighted by molar-refractivity contribution is 7.19. The minimum absolute atomic E-state index is 0.192. The lowest BCUT2D eigenvalue weighted by Gasteiger charge is -2.09. The molecule has 0 aliphatic rings. The molecule has 1 N–H and O–H groups in total. The molecule has 0 aliphatic heterocycles. The summed E-state index contributed by atoms with van der Waals surface area (Å²) in [4.78, 5) is 13.6. The van der Waals surface area contributed by atoms with Crippen LogP contribution in [0.3, 0.4) is 0 Å². The monoisotopic (exact) mass is 405 g/mol. The Morgan fingerprint density at radius 1 is 1.04 bits per heavy atom. The van der Waals surface area contributed by atoms with Gasteiger partial charge < -0.3 is 5.32 Å². The van der Waals surface area contributed by atoms with Crippen molar-refractivity contribution in [2.24, 2.45) is 0 Å². The summed E-state index contributed by atoms with van der Waals surface area (Å²) in [6.45, 7) is 0. The first-order valence-corrected chi connectivity index (χ1v) is 9.64. The number of halogens is 1. The lowest BCUT2D eigenvalue weighted by molar-refractivity contribution is 0.102. The van der Waals surface area contributed by atoms with Crippen LogP contribution in [0.2, 0.25) is 5.02 Å². The number of nitrogens with one attached hydrogen (secondary N) is 1. The molecule has 0 atom stereocenters. The van der Waals surface area contributed by atoms with Gasteiger partial charge in [-0.1, -0.05) is 59.3 Å². The number of benzene rings is 3. The summed E-state index contributed by atoms with van der Waals surface area (Å²) in [5.74, 6) is -0.192. The summed E-state index contributed by atoms with van der Waals surface area (Å²) in [5.41, 5.74) is 2.16. The van der Waals surface area contributed by atoms with Crippen LogP contribution in [0.5, 0.6) is 0 Å². The number of amides is 1. The number of carbonyl (C=O) groups excluding carboxylic acids is 1. The summed E-state index contributed by atoms with van der Waals surface area (Å²) in [7, 11) is 0. The van der Waals surface area contributed by atoms with E-state index in [1.807, 2.05) is 54.6 Å². The van der Waals surface area contributed by atoms with Crippen LogP contribution in [-0.2, 0) is 0 Å². The van der Waals surface area contributed by atoms with Gasteiger partial charge in [0.05, 0.1) is 0 Å². The van der Waals surface area contributed by atoms with Crippen LogP contribution in [0, 0.1) is 0 Å². The highest BCUT2D eigenvalue weighted by Gasteiger charge is 2.13. The average molecular weight is 406 g/mol. The number of fused-ring (bicyclic) bond motifs is 2. The van der Waals surface area contributed by atoms with E-state index in [9.17, 15) is 4.79 Å². The maximum Gasteiger partial charge on any atom is 0.256 e. The Hall–Kier alpha value is -3.29. The smallest absolute Gasteiger partial charge is 0.256 e. The normalized spacial score (nSPS) is 11.2. The molecule has 0 spiro atoms. The Balaban J connectivity index is 1.47. The fourth-order valence-corrected chi connectivity index (χ4v) is 4.13. The third-order valence-electron chi connectivity index (χ3n) is 4.37. The van der Waals surface area contributed by atoms with Gasteiger partial charge in [0.25, 0.3) is 5.91 Å². The van der Waals surface area contributed by atoms with Gasteiger partial charge in [-0.15, -0.1) is 10.2 Å². The van der Waals surface area contributed by atoms with Crippen LogP contribution in [0.25, 0.3) is 26.3 Å². The van der Waals surface area contributed by atoms with Crippen molar-refractivity contribution in [3.05, 3.63) is 77.6 Å². The number of carbonyl (C=O) groups is 1. The third-order valence-corrected chi connectivity index (χ3v) is 5.66. The number of nitrogens with zero attached hydrogens (tertiary/aromatic N) is 4. The summed E-state index contributed by atoms with van der Waals surface area (Å²) in [5, 5.41) is 18.3. The molecule has 6 nitrogen and oxygen atoms in total. The van der Waals surface area contributed by atoms with Gasteiger partial charge in [0, 0.05) is 27.2 Å². The predicted molar refractivity (Wildman–Crippen MR) is 111 cm³/mol. The largest absolute Gasteiger partial charge is 0.322 e. The van der Waals surface area contributed by atoms with Gasteiger partial charge in [-0.25, -0.2) is 0 Å². The van der Waals surface area contributed by atoms with E-state index in [-0.39, 0.29) is 5.91 Å². The molecule has 0 bridgehead atoms. The highest BCUT2D eigenvalue weighted by atomic mass is 35.5. The highest BCUT2D eigenvalue weighted by Crippen LogP contribution is 2.29. The zero-order valence-electron chi connectivity index (χ0n) is 14.3. The Bertz CT molecular complexity index is 1310. The van der Waals surface area contributed by atoms with Crippen molar-refractivity contribution in [2.75, 3.05) is 5.32 Å². The van der Waals surface area contributed by atoms with Crippen LogP contribution in [-0.4, -0.2) is 25.7 Å². The minimum Gasteiger partial charge on any atom is -0.322 e. The number of hydrogen-bond donors (Lipinski definition) is 1.